The van der Waals surface area contributed by atoms with Crippen LogP contribution in [0.1, 0.15) is 48.8 Å². The average molecular weight is 396 g/mol. The molecule has 3 aromatic rings. The van der Waals surface area contributed by atoms with Gasteiger partial charge < -0.3 is 15.1 Å². The molecule has 0 aliphatic carbocycles. The predicted octanol–water partition coefficient (Wildman–Crippen LogP) is 5.04. The van der Waals surface area contributed by atoms with Crippen LogP contribution >= 0.6 is 12.2 Å². The van der Waals surface area contributed by atoms with Crippen molar-refractivity contribution in [1.29, 1.82) is 0 Å². The molecule has 146 valence electrons. The monoisotopic (exact) mass is 395 g/mol. The SMILES string of the molecule is CCCCC(=O)NC(=S)Nc1ccc(Cc2nc3cc(C)c(C)cc3o2)cc1. The van der Waals surface area contributed by atoms with Gasteiger partial charge in [-0.1, -0.05) is 25.5 Å². The molecule has 0 atom stereocenters. The van der Waals surface area contributed by atoms with E-state index in [-0.39, 0.29) is 5.91 Å². The smallest absolute Gasteiger partial charge is 0.226 e. The maximum atomic E-state index is 11.7. The molecule has 5 nitrogen and oxygen atoms in total. The van der Waals surface area contributed by atoms with E-state index in [0.29, 0.717) is 23.8 Å². The molecule has 0 saturated heterocycles. The molecular formula is C22H25N3O2S. The Morgan fingerprint density at radius 1 is 1.14 bits per heavy atom. The van der Waals surface area contributed by atoms with Gasteiger partial charge in [0.2, 0.25) is 5.91 Å². The highest BCUT2D eigenvalue weighted by atomic mass is 32.1. The van der Waals surface area contributed by atoms with Crippen molar-refractivity contribution in [3.05, 3.63) is 59.0 Å². The molecule has 1 heterocycles. The lowest BCUT2D eigenvalue weighted by Crippen LogP contribution is -2.33. The standard InChI is InChI=1S/C22H25N3O2S/c1-4-5-6-20(26)25-22(28)23-17-9-7-16(8-10-17)13-21-24-18-11-14(2)15(3)12-19(18)27-21/h7-12H,4-6,13H2,1-3H3,(H2,23,25,26,28). The zero-order valence-corrected chi connectivity index (χ0v) is 17.3. The zero-order chi connectivity index (χ0) is 20.1. The summed E-state index contributed by atoms with van der Waals surface area (Å²) < 4.78 is 5.88. The fraction of sp³-hybridized carbons (Fsp3) is 0.318. The number of aryl methyl sites for hydroxylation is 2. The fourth-order valence-electron chi connectivity index (χ4n) is 2.87. The van der Waals surface area contributed by atoms with E-state index in [0.717, 1.165) is 35.2 Å². The Morgan fingerprint density at radius 2 is 1.86 bits per heavy atom. The zero-order valence-electron chi connectivity index (χ0n) is 16.5. The van der Waals surface area contributed by atoms with Crippen molar-refractivity contribution in [2.75, 3.05) is 5.32 Å². The van der Waals surface area contributed by atoms with Crippen LogP contribution in [0.5, 0.6) is 0 Å². The Bertz CT molecular complexity index is 954. The lowest BCUT2D eigenvalue weighted by Gasteiger charge is -2.09. The number of anilines is 1. The van der Waals surface area contributed by atoms with Crippen LogP contribution in [0, 0.1) is 13.8 Å². The molecule has 1 aromatic heterocycles. The molecule has 28 heavy (non-hydrogen) atoms. The molecule has 0 aliphatic rings. The van der Waals surface area contributed by atoms with Crippen LogP contribution in [0.15, 0.2) is 40.8 Å². The largest absolute Gasteiger partial charge is 0.440 e. The summed E-state index contributed by atoms with van der Waals surface area (Å²) in [6.45, 7) is 6.19. The van der Waals surface area contributed by atoms with Gasteiger partial charge in [0.05, 0.1) is 0 Å². The summed E-state index contributed by atoms with van der Waals surface area (Å²) in [7, 11) is 0. The number of unbranched alkanes of at least 4 members (excludes halogenated alkanes) is 1. The summed E-state index contributed by atoms with van der Waals surface area (Å²) in [5, 5.41) is 6.05. The number of nitrogens with one attached hydrogen (secondary N) is 2. The molecule has 6 heteroatoms. The number of oxazole rings is 1. The number of fused-ring (bicyclic) bond motifs is 1. The van der Waals surface area contributed by atoms with Crippen molar-refractivity contribution >= 4 is 40.0 Å². The number of hydrogen-bond acceptors (Lipinski definition) is 4. The topological polar surface area (TPSA) is 67.2 Å². The summed E-state index contributed by atoms with van der Waals surface area (Å²) >= 11 is 5.19. The van der Waals surface area contributed by atoms with E-state index in [1.807, 2.05) is 37.3 Å². The Hall–Kier alpha value is -2.73. The predicted molar refractivity (Wildman–Crippen MR) is 117 cm³/mol. The van der Waals surface area contributed by atoms with Gasteiger partial charge in [0, 0.05) is 18.5 Å². The maximum absolute atomic E-state index is 11.7. The number of hydrogen-bond donors (Lipinski definition) is 2. The summed E-state index contributed by atoms with van der Waals surface area (Å²) in [5.41, 5.74) is 6.03. The Balaban J connectivity index is 1.60. The first-order valence-electron chi connectivity index (χ1n) is 9.51. The quantitative estimate of drug-likeness (QED) is 0.573. The van der Waals surface area contributed by atoms with Crippen LogP contribution in [-0.2, 0) is 11.2 Å². The minimum atomic E-state index is -0.0580. The van der Waals surface area contributed by atoms with Gasteiger partial charge in [-0.2, -0.15) is 0 Å². The average Bonchev–Trinajstić information content (AvgIpc) is 3.02. The number of amides is 1. The number of nitrogens with zero attached hydrogens (tertiary/aromatic N) is 1. The first-order chi connectivity index (χ1) is 13.4. The lowest BCUT2D eigenvalue weighted by atomic mass is 10.1. The second-order valence-electron chi connectivity index (χ2n) is 6.99. The Labute approximate surface area is 170 Å². The van der Waals surface area contributed by atoms with Crippen molar-refractivity contribution in [3.8, 4) is 0 Å². The van der Waals surface area contributed by atoms with Crippen LogP contribution in [0.3, 0.4) is 0 Å². The molecule has 0 bridgehead atoms. The molecule has 0 aliphatic heterocycles. The number of carbonyl (C=O) groups is 1. The van der Waals surface area contributed by atoms with Gasteiger partial charge in [0.1, 0.15) is 5.52 Å². The van der Waals surface area contributed by atoms with Gasteiger partial charge in [-0.25, -0.2) is 4.98 Å². The third-order valence-electron chi connectivity index (χ3n) is 4.63. The maximum Gasteiger partial charge on any atom is 0.226 e. The molecule has 2 N–H and O–H groups in total. The lowest BCUT2D eigenvalue weighted by molar-refractivity contribution is -0.119. The van der Waals surface area contributed by atoms with Crippen LogP contribution in [-0.4, -0.2) is 16.0 Å². The van der Waals surface area contributed by atoms with Gasteiger partial charge in [-0.05, 0) is 73.4 Å². The fourth-order valence-corrected chi connectivity index (χ4v) is 3.10. The van der Waals surface area contributed by atoms with Crippen molar-refractivity contribution < 1.29 is 9.21 Å². The van der Waals surface area contributed by atoms with Gasteiger partial charge in [0.25, 0.3) is 0 Å². The van der Waals surface area contributed by atoms with Crippen molar-refractivity contribution in [2.24, 2.45) is 0 Å². The molecule has 3 rings (SSSR count). The molecule has 0 fully saturated rings. The second kappa shape index (κ2) is 8.97. The van der Waals surface area contributed by atoms with Crippen LogP contribution in [0.4, 0.5) is 5.69 Å². The number of thiocarbonyl (C=S) groups is 1. The highest BCUT2D eigenvalue weighted by molar-refractivity contribution is 7.80. The van der Waals surface area contributed by atoms with E-state index in [1.54, 1.807) is 0 Å². The molecule has 0 spiro atoms. The minimum absolute atomic E-state index is 0.0580. The summed E-state index contributed by atoms with van der Waals surface area (Å²) in [6, 6.07) is 11.9. The highest BCUT2D eigenvalue weighted by Crippen LogP contribution is 2.22. The normalized spacial score (nSPS) is 10.8. The molecule has 1 amide bonds. The van der Waals surface area contributed by atoms with Gasteiger partial charge >= 0.3 is 0 Å². The van der Waals surface area contributed by atoms with E-state index in [2.05, 4.69) is 35.5 Å². The number of benzene rings is 2. The van der Waals surface area contributed by atoms with E-state index in [9.17, 15) is 4.79 Å². The summed E-state index contributed by atoms with van der Waals surface area (Å²) in [5.74, 6) is 0.636. The van der Waals surface area contributed by atoms with Crippen molar-refractivity contribution in [2.45, 2.75) is 46.5 Å². The summed E-state index contributed by atoms with van der Waals surface area (Å²) in [6.07, 6.45) is 2.94. The third kappa shape index (κ3) is 5.16. The number of carbonyl (C=O) groups excluding carboxylic acids is 1. The molecular weight excluding hydrogens is 370 g/mol. The highest BCUT2D eigenvalue weighted by Gasteiger charge is 2.09. The Kier molecular flexibility index (Phi) is 6.41. The van der Waals surface area contributed by atoms with E-state index in [4.69, 9.17) is 16.6 Å². The number of rotatable bonds is 6. The minimum Gasteiger partial charge on any atom is -0.440 e. The molecule has 0 unspecified atom stereocenters. The first kappa shape index (κ1) is 20.0. The molecule has 0 radical (unpaired) electrons. The Morgan fingerprint density at radius 3 is 2.57 bits per heavy atom. The number of aromatic nitrogens is 1. The van der Waals surface area contributed by atoms with Crippen LogP contribution in [0.2, 0.25) is 0 Å². The van der Waals surface area contributed by atoms with E-state index in [1.165, 1.54) is 11.1 Å². The second-order valence-corrected chi connectivity index (χ2v) is 7.40. The van der Waals surface area contributed by atoms with Gasteiger partial charge in [-0.15, -0.1) is 0 Å². The third-order valence-corrected chi connectivity index (χ3v) is 4.83. The van der Waals surface area contributed by atoms with Crippen molar-refractivity contribution in [3.63, 3.8) is 0 Å². The van der Waals surface area contributed by atoms with Crippen molar-refractivity contribution in [1.82, 2.24) is 10.3 Å². The summed E-state index contributed by atoms with van der Waals surface area (Å²) in [4.78, 5) is 16.3. The van der Waals surface area contributed by atoms with E-state index >= 15 is 0 Å². The molecule has 0 saturated carbocycles. The van der Waals surface area contributed by atoms with E-state index < -0.39 is 0 Å². The van der Waals surface area contributed by atoms with Gasteiger partial charge in [-0.3, -0.25) is 4.79 Å². The first-order valence-corrected chi connectivity index (χ1v) is 9.92. The molecule has 2 aromatic carbocycles. The van der Waals surface area contributed by atoms with Crippen LogP contribution < -0.4 is 10.6 Å². The van der Waals surface area contributed by atoms with Gasteiger partial charge in [0.15, 0.2) is 16.6 Å². The van der Waals surface area contributed by atoms with Crippen LogP contribution in [0.25, 0.3) is 11.1 Å².